The van der Waals surface area contributed by atoms with Crippen molar-refractivity contribution in [3.63, 3.8) is 0 Å². The van der Waals surface area contributed by atoms with Gasteiger partial charge in [-0.05, 0) is 18.6 Å². The minimum atomic E-state index is -1.40. The molecule has 36 heavy (non-hydrogen) atoms. The Morgan fingerprint density at radius 1 is 1.28 bits per heavy atom. The zero-order valence-corrected chi connectivity index (χ0v) is 20.3. The number of nitro groups is 1. The molecule has 2 N–H and O–H groups in total. The lowest BCUT2D eigenvalue weighted by molar-refractivity contribution is -0.385. The summed E-state index contributed by atoms with van der Waals surface area (Å²) in [6, 6.07) is 12.5. The van der Waals surface area contributed by atoms with Crippen molar-refractivity contribution in [3.8, 4) is 11.9 Å². The van der Waals surface area contributed by atoms with Crippen LogP contribution in [0.1, 0.15) is 31.0 Å². The molecule has 0 aromatic heterocycles. The van der Waals surface area contributed by atoms with Crippen LogP contribution < -0.4 is 15.4 Å². The van der Waals surface area contributed by atoms with E-state index in [0.29, 0.717) is 12.1 Å². The van der Waals surface area contributed by atoms with Crippen molar-refractivity contribution in [1.29, 1.82) is 5.26 Å². The smallest absolute Gasteiger partial charge is 0.303 e. The topological polar surface area (TPSA) is 157 Å². The van der Waals surface area contributed by atoms with Gasteiger partial charge in [-0.25, -0.2) is 0 Å². The monoisotopic (exact) mass is 497 g/mol. The molecule has 0 amide bonds. The summed E-state index contributed by atoms with van der Waals surface area (Å²) < 4.78 is 22.8. The van der Waals surface area contributed by atoms with Gasteiger partial charge in [0.1, 0.15) is 5.75 Å². The van der Waals surface area contributed by atoms with Crippen molar-refractivity contribution >= 4 is 17.6 Å². The van der Waals surface area contributed by atoms with Gasteiger partial charge in [-0.15, -0.1) is 4.99 Å². The summed E-state index contributed by atoms with van der Waals surface area (Å²) in [6.45, 7) is 3.19. The summed E-state index contributed by atoms with van der Waals surface area (Å²) in [4.78, 5) is 27.0. The van der Waals surface area contributed by atoms with Crippen LogP contribution in [0.5, 0.6) is 5.75 Å². The third-order valence-corrected chi connectivity index (χ3v) is 5.68. The molecule has 0 aliphatic carbocycles. The molecular formula is C24H27N5O7. The molecule has 0 unspecified atom stereocenters. The molecule has 3 atom stereocenters. The number of ether oxygens (including phenoxy) is 4. The van der Waals surface area contributed by atoms with E-state index < -0.39 is 34.9 Å². The second-order valence-electron chi connectivity index (χ2n) is 8.12. The molecule has 1 heterocycles. The number of benzene rings is 2. The zero-order chi connectivity index (χ0) is 26.3. The van der Waals surface area contributed by atoms with Crippen LogP contribution in [0.4, 0.5) is 5.69 Å². The van der Waals surface area contributed by atoms with Gasteiger partial charge in [-0.3, -0.25) is 14.9 Å². The summed E-state index contributed by atoms with van der Waals surface area (Å²) >= 11 is 0. The van der Waals surface area contributed by atoms with Crippen LogP contribution >= 0.6 is 0 Å². The largest absolute Gasteiger partial charge is 0.478 e. The average molecular weight is 498 g/mol. The molecule has 190 valence electrons. The van der Waals surface area contributed by atoms with E-state index in [2.05, 4.69) is 15.6 Å². The molecule has 0 spiro atoms. The van der Waals surface area contributed by atoms with Crippen molar-refractivity contribution in [3.05, 3.63) is 69.8 Å². The first-order valence-electron chi connectivity index (χ1n) is 10.9. The number of rotatable bonds is 8. The molecule has 0 saturated carbocycles. The van der Waals surface area contributed by atoms with Gasteiger partial charge in [0.25, 0.3) is 5.69 Å². The number of guanidine groups is 1. The highest BCUT2D eigenvalue weighted by Crippen LogP contribution is 2.45. The zero-order valence-electron chi connectivity index (χ0n) is 20.3. The predicted molar refractivity (Wildman–Crippen MR) is 128 cm³/mol. The van der Waals surface area contributed by atoms with E-state index in [0.717, 1.165) is 5.56 Å². The lowest BCUT2D eigenvalue weighted by Crippen LogP contribution is -2.64. The van der Waals surface area contributed by atoms with E-state index in [-0.39, 0.29) is 17.4 Å². The number of carbonyl (C=O) groups is 1. The predicted octanol–water partition coefficient (Wildman–Crippen LogP) is 2.55. The van der Waals surface area contributed by atoms with Gasteiger partial charge in [0.05, 0.1) is 11.0 Å². The molecular weight excluding hydrogens is 470 g/mol. The number of nitriles is 1. The van der Waals surface area contributed by atoms with Gasteiger partial charge in [0, 0.05) is 45.4 Å². The van der Waals surface area contributed by atoms with Crippen molar-refractivity contribution in [2.24, 2.45) is 4.99 Å². The summed E-state index contributed by atoms with van der Waals surface area (Å²) in [6.07, 6.45) is -0.376. The number of esters is 1. The molecule has 0 saturated heterocycles. The summed E-state index contributed by atoms with van der Waals surface area (Å²) in [5, 5.41) is 26.9. The fourth-order valence-electron chi connectivity index (χ4n) is 4.14. The first-order chi connectivity index (χ1) is 17.2. The van der Waals surface area contributed by atoms with Gasteiger partial charge in [-0.1, -0.05) is 30.3 Å². The Hall–Kier alpha value is -4.21. The van der Waals surface area contributed by atoms with E-state index in [4.69, 9.17) is 18.9 Å². The first kappa shape index (κ1) is 26.4. The maximum absolute atomic E-state index is 12.2. The number of fused-ring (bicyclic) bond motifs is 1. The fourth-order valence-corrected chi connectivity index (χ4v) is 4.14. The maximum Gasteiger partial charge on any atom is 0.303 e. The van der Waals surface area contributed by atoms with Crippen LogP contribution in [-0.4, -0.2) is 49.1 Å². The second kappa shape index (κ2) is 11.5. The van der Waals surface area contributed by atoms with E-state index in [9.17, 15) is 20.2 Å². The Bertz CT molecular complexity index is 1160. The molecule has 2 aromatic rings. The van der Waals surface area contributed by atoms with Gasteiger partial charge >= 0.3 is 5.97 Å². The van der Waals surface area contributed by atoms with Crippen molar-refractivity contribution in [2.75, 3.05) is 14.2 Å². The molecule has 3 rings (SSSR count). The summed E-state index contributed by atoms with van der Waals surface area (Å²) in [5.74, 6) is -0.281. The van der Waals surface area contributed by atoms with Crippen LogP contribution in [0.2, 0.25) is 0 Å². The SMILES string of the molecule is COC(OC)[C@@]1(C)Oc2ccc([N+](=O)[O-])cc2[C@@H](NC(=NC#N)NCc2ccccc2)[C@@H]1OC(C)=O. The quantitative estimate of drug-likeness (QED) is 0.106. The molecule has 12 heteroatoms. The number of hydrogen-bond donors (Lipinski definition) is 2. The van der Waals surface area contributed by atoms with Crippen LogP contribution in [0, 0.1) is 21.6 Å². The number of nitrogens with one attached hydrogen (secondary N) is 2. The summed E-state index contributed by atoms with van der Waals surface area (Å²) in [5.41, 5.74) is -0.341. The van der Waals surface area contributed by atoms with E-state index in [1.165, 1.54) is 39.3 Å². The Morgan fingerprint density at radius 2 is 1.97 bits per heavy atom. The van der Waals surface area contributed by atoms with E-state index in [1.54, 1.807) is 13.1 Å². The van der Waals surface area contributed by atoms with Crippen LogP contribution in [-0.2, 0) is 25.5 Å². The molecule has 0 bridgehead atoms. The number of methoxy groups -OCH3 is 2. The Morgan fingerprint density at radius 3 is 2.56 bits per heavy atom. The fraction of sp³-hybridized carbons (Fsp3) is 0.375. The van der Waals surface area contributed by atoms with Crippen molar-refractivity contribution < 1.29 is 28.7 Å². The van der Waals surface area contributed by atoms with Crippen molar-refractivity contribution in [1.82, 2.24) is 10.6 Å². The van der Waals surface area contributed by atoms with Gasteiger partial charge < -0.3 is 29.6 Å². The van der Waals surface area contributed by atoms with Crippen molar-refractivity contribution in [2.45, 2.75) is 44.4 Å². The molecule has 12 nitrogen and oxygen atoms in total. The second-order valence-corrected chi connectivity index (χ2v) is 8.12. The molecule has 0 radical (unpaired) electrons. The highest BCUT2D eigenvalue weighted by atomic mass is 16.7. The number of aliphatic imine (C=N–C) groups is 1. The normalized spacial score (nSPS) is 21.1. The van der Waals surface area contributed by atoms with Crippen LogP contribution in [0.25, 0.3) is 0 Å². The van der Waals surface area contributed by atoms with Gasteiger partial charge in [-0.2, -0.15) is 5.26 Å². The standard InChI is InChI=1S/C24H27N5O7/c1-15(30)35-21-20(28-23(27-14-25)26-13-16-8-6-5-7-9-16)18-12-17(29(31)32)10-11-19(18)36-24(21,2)22(33-3)34-4/h5-12,20-22H,13H2,1-4H3,(H2,26,27,28)/t20-,21+,24+/m1/s1. The first-order valence-corrected chi connectivity index (χ1v) is 10.9. The molecule has 1 aliphatic rings. The third-order valence-electron chi connectivity index (χ3n) is 5.68. The lowest BCUT2D eigenvalue weighted by atomic mass is 9.84. The number of nitrogens with zero attached hydrogens (tertiary/aromatic N) is 3. The molecule has 0 fully saturated rings. The Balaban J connectivity index is 2.09. The van der Waals surface area contributed by atoms with E-state index >= 15 is 0 Å². The minimum absolute atomic E-state index is 0.0663. The van der Waals surface area contributed by atoms with E-state index in [1.807, 2.05) is 30.3 Å². The Labute approximate surface area is 208 Å². The molecule has 2 aromatic carbocycles. The van der Waals surface area contributed by atoms with Crippen LogP contribution in [0.15, 0.2) is 53.5 Å². The number of nitro benzene ring substituents is 1. The van der Waals surface area contributed by atoms with Gasteiger partial charge in [0.15, 0.2) is 11.7 Å². The molecule has 1 aliphatic heterocycles. The third kappa shape index (κ3) is 5.70. The summed E-state index contributed by atoms with van der Waals surface area (Å²) in [7, 11) is 2.82. The highest BCUT2D eigenvalue weighted by Gasteiger charge is 2.55. The lowest BCUT2D eigenvalue weighted by Gasteiger charge is -2.48. The number of carbonyl (C=O) groups excluding carboxylic acids is 1. The van der Waals surface area contributed by atoms with Gasteiger partial charge in [0.2, 0.25) is 18.4 Å². The maximum atomic E-state index is 12.2. The van der Waals surface area contributed by atoms with Crippen LogP contribution in [0.3, 0.4) is 0 Å². The Kier molecular flexibility index (Phi) is 8.42. The number of hydrogen-bond acceptors (Lipinski definition) is 9. The highest BCUT2D eigenvalue weighted by molar-refractivity contribution is 5.81. The number of non-ortho nitro benzene ring substituents is 1. The minimum Gasteiger partial charge on any atom is -0.478 e. The average Bonchev–Trinajstić information content (AvgIpc) is 2.85.